The minimum atomic E-state index is -0.749. The highest BCUT2D eigenvalue weighted by Gasteiger charge is 2.24. The van der Waals surface area contributed by atoms with Crippen LogP contribution in [0.4, 0.5) is 10.5 Å². The molecule has 0 saturated carbocycles. The van der Waals surface area contributed by atoms with Gasteiger partial charge in [-0.1, -0.05) is 30.3 Å². The van der Waals surface area contributed by atoms with E-state index < -0.39 is 12.1 Å². The van der Waals surface area contributed by atoms with Crippen molar-refractivity contribution in [2.75, 3.05) is 19.4 Å². The Morgan fingerprint density at radius 3 is 2.50 bits per heavy atom. The van der Waals surface area contributed by atoms with Crippen LogP contribution in [-0.4, -0.2) is 35.9 Å². The Hall–Kier alpha value is -3.28. The highest BCUT2D eigenvalue weighted by atomic mass is 16.2. The molecule has 1 aromatic heterocycles. The second-order valence-electron chi connectivity index (χ2n) is 6.41. The molecule has 0 bridgehead atoms. The number of likely N-dealkylation sites (N-methyl/N-ethyl adjacent to an activating group) is 1. The van der Waals surface area contributed by atoms with Crippen LogP contribution in [0.25, 0.3) is 10.9 Å². The third kappa shape index (κ3) is 3.69. The van der Waals surface area contributed by atoms with E-state index in [1.165, 1.54) is 4.90 Å². The zero-order chi connectivity index (χ0) is 18.7. The number of anilines is 1. The molecular weight excluding hydrogens is 328 g/mol. The number of nitrogens with one attached hydrogen (secondary N) is 3. The topological polar surface area (TPSA) is 77.2 Å². The first kappa shape index (κ1) is 17.5. The monoisotopic (exact) mass is 350 g/mol. The normalized spacial score (nSPS) is 11.8. The number of carbonyl (C=O) groups excluding carboxylic acids is 2. The summed E-state index contributed by atoms with van der Waals surface area (Å²) in [5.74, 6) is -0.192. The van der Waals surface area contributed by atoms with E-state index >= 15 is 0 Å². The largest absolute Gasteiger partial charge is 0.361 e. The number of aromatic nitrogens is 1. The number of aryl methyl sites for hydroxylation is 1. The maximum absolute atomic E-state index is 12.5. The molecule has 3 N–H and O–H groups in total. The summed E-state index contributed by atoms with van der Waals surface area (Å²) in [7, 11) is 3.34. The molecule has 0 spiro atoms. The summed E-state index contributed by atoms with van der Waals surface area (Å²) in [5, 5.41) is 6.71. The first-order valence-corrected chi connectivity index (χ1v) is 8.37. The maximum Gasteiger partial charge on any atom is 0.320 e. The summed E-state index contributed by atoms with van der Waals surface area (Å²) in [6.45, 7) is 1.93. The number of rotatable bonds is 4. The van der Waals surface area contributed by atoms with Crippen LogP contribution in [0.5, 0.6) is 0 Å². The van der Waals surface area contributed by atoms with Crippen molar-refractivity contribution in [3.63, 3.8) is 0 Å². The molecule has 0 aliphatic carbocycles. The lowest BCUT2D eigenvalue weighted by Gasteiger charge is -2.22. The lowest BCUT2D eigenvalue weighted by molar-refractivity contribution is -0.130. The Kier molecular flexibility index (Phi) is 4.93. The number of carbonyl (C=O) groups is 2. The quantitative estimate of drug-likeness (QED) is 0.674. The van der Waals surface area contributed by atoms with Crippen LogP contribution in [0.15, 0.2) is 54.7 Å². The number of amides is 3. The molecule has 0 aliphatic heterocycles. The van der Waals surface area contributed by atoms with Crippen LogP contribution >= 0.6 is 0 Å². The van der Waals surface area contributed by atoms with Crippen molar-refractivity contribution in [3.05, 3.63) is 65.9 Å². The maximum atomic E-state index is 12.5. The molecule has 0 saturated heterocycles. The van der Waals surface area contributed by atoms with Crippen LogP contribution in [-0.2, 0) is 4.79 Å². The fraction of sp³-hybridized carbons (Fsp3) is 0.200. The fourth-order valence-corrected chi connectivity index (χ4v) is 2.83. The van der Waals surface area contributed by atoms with E-state index in [4.69, 9.17) is 0 Å². The minimum absolute atomic E-state index is 0.192. The third-order valence-corrected chi connectivity index (χ3v) is 4.24. The van der Waals surface area contributed by atoms with Gasteiger partial charge in [-0.15, -0.1) is 0 Å². The van der Waals surface area contributed by atoms with Crippen molar-refractivity contribution in [2.24, 2.45) is 0 Å². The van der Waals surface area contributed by atoms with Crippen molar-refractivity contribution >= 4 is 28.5 Å². The predicted octanol–water partition coefficient (Wildman–Crippen LogP) is 3.43. The Balaban J connectivity index is 1.81. The Bertz CT molecular complexity index is 931. The van der Waals surface area contributed by atoms with Crippen LogP contribution in [0.3, 0.4) is 0 Å². The number of hydrogen-bond acceptors (Lipinski definition) is 2. The lowest BCUT2D eigenvalue weighted by atomic mass is 10.1. The van der Waals surface area contributed by atoms with Gasteiger partial charge in [0.25, 0.3) is 0 Å². The molecule has 3 rings (SSSR count). The highest BCUT2D eigenvalue weighted by Crippen LogP contribution is 2.23. The number of hydrogen-bond donors (Lipinski definition) is 3. The van der Waals surface area contributed by atoms with Gasteiger partial charge in [0.1, 0.15) is 6.04 Å². The zero-order valence-electron chi connectivity index (χ0n) is 15.0. The first-order valence-electron chi connectivity index (χ1n) is 8.37. The van der Waals surface area contributed by atoms with Crippen molar-refractivity contribution in [1.82, 2.24) is 15.2 Å². The van der Waals surface area contributed by atoms with E-state index in [2.05, 4.69) is 15.6 Å². The second-order valence-corrected chi connectivity index (χ2v) is 6.41. The van der Waals surface area contributed by atoms with Gasteiger partial charge in [-0.05, 0) is 41.6 Å². The second kappa shape index (κ2) is 7.31. The van der Waals surface area contributed by atoms with E-state index in [-0.39, 0.29) is 5.91 Å². The third-order valence-electron chi connectivity index (χ3n) is 4.24. The Morgan fingerprint density at radius 2 is 1.81 bits per heavy atom. The van der Waals surface area contributed by atoms with E-state index in [0.717, 1.165) is 22.0 Å². The minimum Gasteiger partial charge on any atom is -0.361 e. The van der Waals surface area contributed by atoms with Crippen LogP contribution in [0, 0.1) is 6.92 Å². The van der Waals surface area contributed by atoms with Gasteiger partial charge in [0.15, 0.2) is 0 Å². The van der Waals surface area contributed by atoms with E-state index in [0.29, 0.717) is 5.69 Å². The van der Waals surface area contributed by atoms with Crippen molar-refractivity contribution in [3.8, 4) is 0 Å². The average Bonchev–Trinajstić information content (AvgIpc) is 3.07. The molecule has 6 nitrogen and oxygen atoms in total. The van der Waals surface area contributed by atoms with Crippen molar-refractivity contribution in [1.29, 1.82) is 0 Å². The van der Waals surface area contributed by atoms with Gasteiger partial charge in [-0.3, -0.25) is 4.79 Å². The van der Waals surface area contributed by atoms with E-state index in [9.17, 15) is 9.59 Å². The summed E-state index contributed by atoms with van der Waals surface area (Å²) in [4.78, 5) is 29.7. The van der Waals surface area contributed by atoms with Crippen LogP contribution in [0.2, 0.25) is 0 Å². The molecule has 134 valence electrons. The summed E-state index contributed by atoms with van der Waals surface area (Å²) in [6, 6.07) is 13.9. The smallest absolute Gasteiger partial charge is 0.320 e. The summed E-state index contributed by atoms with van der Waals surface area (Å²) in [6.07, 6.45) is 1.86. The molecule has 0 aliphatic rings. The molecule has 0 fully saturated rings. The Morgan fingerprint density at radius 1 is 1.08 bits per heavy atom. The van der Waals surface area contributed by atoms with Gasteiger partial charge in [0.2, 0.25) is 5.91 Å². The van der Waals surface area contributed by atoms with E-state index in [1.54, 1.807) is 14.1 Å². The highest BCUT2D eigenvalue weighted by molar-refractivity contribution is 5.96. The number of urea groups is 1. The molecule has 6 heteroatoms. The summed E-state index contributed by atoms with van der Waals surface area (Å²) in [5.41, 5.74) is 3.32. The molecule has 1 atom stereocenters. The average molecular weight is 350 g/mol. The van der Waals surface area contributed by atoms with Crippen molar-refractivity contribution < 1.29 is 9.59 Å². The van der Waals surface area contributed by atoms with Gasteiger partial charge in [0, 0.05) is 31.5 Å². The number of fused-ring (bicyclic) bond motifs is 1. The van der Waals surface area contributed by atoms with Crippen LogP contribution in [0.1, 0.15) is 17.2 Å². The molecule has 0 radical (unpaired) electrons. The molecule has 2 aromatic carbocycles. The fourth-order valence-electron chi connectivity index (χ4n) is 2.83. The standard InChI is InChI=1S/C20H22N4O2/c1-13-11-15-9-10-21-17(15)12-16(13)22-20(26)23-18(19(25)24(2)3)14-7-5-4-6-8-14/h4-12,18,21H,1-3H3,(H2,22,23,26)/t18-/m0/s1. The summed E-state index contributed by atoms with van der Waals surface area (Å²) >= 11 is 0. The van der Waals surface area contributed by atoms with Gasteiger partial charge < -0.3 is 20.5 Å². The molecule has 3 aromatic rings. The van der Waals surface area contributed by atoms with Crippen molar-refractivity contribution in [2.45, 2.75) is 13.0 Å². The number of benzene rings is 2. The van der Waals surface area contributed by atoms with Gasteiger partial charge in [0.05, 0.1) is 0 Å². The first-order chi connectivity index (χ1) is 12.5. The summed E-state index contributed by atoms with van der Waals surface area (Å²) < 4.78 is 0. The lowest BCUT2D eigenvalue weighted by Crippen LogP contribution is -2.41. The van der Waals surface area contributed by atoms with Gasteiger partial charge in [-0.2, -0.15) is 0 Å². The zero-order valence-corrected chi connectivity index (χ0v) is 15.0. The number of nitrogens with zero attached hydrogens (tertiary/aromatic N) is 1. The number of H-pyrrole nitrogens is 1. The molecule has 0 unspecified atom stereocenters. The molecule has 3 amide bonds. The van der Waals surface area contributed by atoms with Crippen LogP contribution < -0.4 is 10.6 Å². The SMILES string of the molecule is Cc1cc2cc[nH]c2cc1NC(=O)N[C@H](C(=O)N(C)C)c1ccccc1. The predicted molar refractivity (Wildman–Crippen MR) is 103 cm³/mol. The van der Waals surface area contributed by atoms with Gasteiger partial charge >= 0.3 is 6.03 Å². The Labute approximate surface area is 152 Å². The molecular formula is C20H22N4O2. The van der Waals surface area contributed by atoms with E-state index in [1.807, 2.05) is 61.7 Å². The molecule has 26 heavy (non-hydrogen) atoms. The number of aromatic amines is 1. The molecule has 1 heterocycles. The van der Waals surface area contributed by atoms with Gasteiger partial charge in [-0.25, -0.2) is 4.79 Å².